The zero-order valence-corrected chi connectivity index (χ0v) is 18.5. The van der Waals surface area contributed by atoms with Gasteiger partial charge in [-0.25, -0.2) is 0 Å². The van der Waals surface area contributed by atoms with E-state index in [4.69, 9.17) is 9.15 Å². The van der Waals surface area contributed by atoms with E-state index in [1.807, 2.05) is 6.07 Å². The number of amides is 2. The van der Waals surface area contributed by atoms with Crippen molar-refractivity contribution >= 4 is 34.3 Å². The number of fused-ring (bicyclic) bond motifs is 3. The highest BCUT2D eigenvalue weighted by molar-refractivity contribution is 6.26. The fraction of sp³-hybridized carbons (Fsp3) is 0.269. The van der Waals surface area contributed by atoms with Crippen LogP contribution in [0.25, 0.3) is 11.0 Å². The third kappa shape index (κ3) is 2.60. The number of hydrogen-bond donors (Lipinski definition) is 1. The van der Waals surface area contributed by atoms with Crippen LogP contribution in [0.2, 0.25) is 0 Å². The van der Waals surface area contributed by atoms with Gasteiger partial charge in [-0.15, -0.1) is 0 Å². The summed E-state index contributed by atoms with van der Waals surface area (Å²) in [5, 5.41) is 11.8. The van der Waals surface area contributed by atoms with Gasteiger partial charge in [0, 0.05) is 36.8 Å². The van der Waals surface area contributed by atoms with Gasteiger partial charge in [0.15, 0.2) is 17.1 Å². The molecule has 1 N–H and O–H groups in total. The third-order valence-corrected chi connectivity index (χ3v) is 7.01. The first-order valence-corrected chi connectivity index (χ1v) is 11.2. The van der Waals surface area contributed by atoms with Crippen molar-refractivity contribution in [1.82, 2.24) is 4.90 Å². The Balaban J connectivity index is 1.57. The molecule has 0 aliphatic carbocycles. The van der Waals surface area contributed by atoms with Gasteiger partial charge in [-0.1, -0.05) is 36.4 Å². The van der Waals surface area contributed by atoms with Crippen molar-refractivity contribution in [3.8, 4) is 0 Å². The summed E-state index contributed by atoms with van der Waals surface area (Å²) in [5.41, 5.74) is -0.541. The van der Waals surface area contributed by atoms with Crippen molar-refractivity contribution < 1.29 is 28.6 Å². The Morgan fingerprint density at radius 3 is 2.68 bits per heavy atom. The van der Waals surface area contributed by atoms with Crippen LogP contribution < -0.4 is 4.90 Å². The quantitative estimate of drug-likeness (QED) is 0.602. The van der Waals surface area contributed by atoms with E-state index in [0.717, 1.165) is 12.8 Å². The SMILES string of the molecule is CN1C(=O)[C@]2(C(C(=O)c3cc4ccccc4o3)=C(O)C(=O)N2C[C@H]2CCCO2)c2ccccc21. The summed E-state index contributed by atoms with van der Waals surface area (Å²) in [4.78, 5) is 44.0. The van der Waals surface area contributed by atoms with E-state index in [2.05, 4.69) is 0 Å². The molecule has 2 amide bonds. The van der Waals surface area contributed by atoms with Crippen LogP contribution in [0.4, 0.5) is 5.69 Å². The van der Waals surface area contributed by atoms with E-state index < -0.39 is 28.9 Å². The molecule has 3 aliphatic heterocycles. The first-order valence-electron chi connectivity index (χ1n) is 11.2. The number of para-hydroxylation sites is 2. The number of aliphatic hydroxyl groups is 1. The molecular weight excluding hydrogens is 436 g/mol. The number of rotatable bonds is 4. The van der Waals surface area contributed by atoms with Crippen LogP contribution in [0, 0.1) is 0 Å². The van der Waals surface area contributed by atoms with Gasteiger partial charge in [0.1, 0.15) is 5.58 Å². The Hall–Kier alpha value is -3.91. The van der Waals surface area contributed by atoms with Crippen LogP contribution in [-0.2, 0) is 19.9 Å². The minimum atomic E-state index is -1.80. The highest BCUT2D eigenvalue weighted by atomic mass is 16.5. The normalized spacial score (nSPS) is 24.2. The summed E-state index contributed by atoms with van der Waals surface area (Å²) < 4.78 is 11.5. The Morgan fingerprint density at radius 1 is 1.15 bits per heavy atom. The van der Waals surface area contributed by atoms with Gasteiger partial charge in [0.05, 0.1) is 11.7 Å². The van der Waals surface area contributed by atoms with E-state index in [1.165, 1.54) is 9.80 Å². The molecule has 34 heavy (non-hydrogen) atoms. The fourth-order valence-corrected chi connectivity index (χ4v) is 5.44. The molecule has 4 heterocycles. The molecule has 3 aromatic rings. The average molecular weight is 458 g/mol. The lowest BCUT2D eigenvalue weighted by molar-refractivity contribution is -0.141. The maximum Gasteiger partial charge on any atom is 0.290 e. The number of anilines is 1. The predicted molar refractivity (Wildman–Crippen MR) is 122 cm³/mol. The van der Waals surface area contributed by atoms with Crippen molar-refractivity contribution in [3.05, 3.63) is 77.3 Å². The maximum atomic E-state index is 13.9. The van der Waals surface area contributed by atoms with E-state index in [0.29, 0.717) is 28.8 Å². The molecule has 8 nitrogen and oxygen atoms in total. The van der Waals surface area contributed by atoms with Crippen molar-refractivity contribution in [2.24, 2.45) is 0 Å². The summed E-state index contributed by atoms with van der Waals surface area (Å²) in [6.07, 6.45) is 1.27. The van der Waals surface area contributed by atoms with E-state index in [-0.39, 0.29) is 24.0 Å². The van der Waals surface area contributed by atoms with Crippen LogP contribution >= 0.6 is 0 Å². The summed E-state index contributed by atoms with van der Waals surface area (Å²) in [6, 6.07) is 15.7. The zero-order chi connectivity index (χ0) is 23.6. The molecule has 8 heteroatoms. The summed E-state index contributed by atoms with van der Waals surface area (Å²) in [5.74, 6) is -2.73. The number of benzene rings is 2. The predicted octanol–water partition coefficient (Wildman–Crippen LogP) is 3.32. The second-order valence-corrected chi connectivity index (χ2v) is 8.84. The molecule has 0 bridgehead atoms. The summed E-state index contributed by atoms with van der Waals surface area (Å²) >= 11 is 0. The Kier molecular flexibility index (Phi) is 4.44. The molecule has 0 unspecified atom stereocenters. The number of furan rings is 1. The van der Waals surface area contributed by atoms with Crippen LogP contribution in [-0.4, -0.2) is 53.9 Å². The molecule has 3 aliphatic rings. The molecule has 6 rings (SSSR count). The highest BCUT2D eigenvalue weighted by Crippen LogP contribution is 2.53. The Bertz CT molecular complexity index is 1370. The number of ether oxygens (including phenoxy) is 1. The molecule has 2 atom stereocenters. The number of likely N-dealkylation sites (N-methyl/N-ethyl adjacent to an activating group) is 1. The monoisotopic (exact) mass is 458 g/mol. The number of nitrogens with zero attached hydrogens (tertiary/aromatic N) is 2. The number of ketones is 1. The molecule has 1 saturated heterocycles. The first kappa shape index (κ1) is 20.7. The smallest absolute Gasteiger partial charge is 0.290 e. The number of carbonyl (C=O) groups excluding carboxylic acids is 3. The van der Waals surface area contributed by atoms with Crippen molar-refractivity contribution in [3.63, 3.8) is 0 Å². The molecule has 1 spiro atoms. The standard InChI is InChI=1S/C26H22N2O6/c1-27-18-10-4-3-9-17(18)26(25(27)32)21(22(29)20-13-15-7-2-5-11-19(15)34-20)23(30)24(31)28(26)14-16-8-6-12-33-16/h2-5,7,9-11,13,16,30H,6,8,12,14H2,1H3/t16-,26-/m1/s1. The van der Waals surface area contributed by atoms with E-state index >= 15 is 0 Å². The van der Waals surface area contributed by atoms with Crippen molar-refractivity contribution in [2.75, 3.05) is 25.1 Å². The number of carbonyl (C=O) groups is 3. The van der Waals surface area contributed by atoms with Gasteiger partial charge in [-0.05, 0) is 31.0 Å². The first-order chi connectivity index (χ1) is 16.4. The summed E-state index contributed by atoms with van der Waals surface area (Å²) in [7, 11) is 1.60. The minimum absolute atomic E-state index is 0.0475. The van der Waals surface area contributed by atoms with Crippen molar-refractivity contribution in [1.29, 1.82) is 0 Å². The number of Topliss-reactive ketones (excluding diaryl/α,β-unsaturated/α-hetero) is 1. The number of hydrogen-bond acceptors (Lipinski definition) is 6. The van der Waals surface area contributed by atoms with Crippen molar-refractivity contribution in [2.45, 2.75) is 24.5 Å². The second-order valence-electron chi connectivity index (χ2n) is 8.84. The molecule has 0 radical (unpaired) electrons. The fourth-order valence-electron chi connectivity index (χ4n) is 5.44. The minimum Gasteiger partial charge on any atom is -0.503 e. The molecule has 0 saturated carbocycles. The van der Waals surface area contributed by atoms with Gasteiger partial charge in [-0.2, -0.15) is 0 Å². The molecular formula is C26H22N2O6. The number of aliphatic hydroxyl groups excluding tert-OH is 1. The van der Waals surface area contributed by atoms with Gasteiger partial charge in [0.25, 0.3) is 11.8 Å². The van der Waals surface area contributed by atoms with Crippen LogP contribution in [0.15, 0.2) is 70.3 Å². The van der Waals surface area contributed by atoms with Crippen LogP contribution in [0.5, 0.6) is 0 Å². The molecule has 172 valence electrons. The van der Waals surface area contributed by atoms with Crippen LogP contribution in [0.3, 0.4) is 0 Å². The Labute approximate surface area is 195 Å². The molecule has 1 fully saturated rings. The van der Waals surface area contributed by atoms with Gasteiger partial charge < -0.3 is 24.1 Å². The van der Waals surface area contributed by atoms with Gasteiger partial charge >= 0.3 is 0 Å². The maximum absolute atomic E-state index is 13.9. The lowest BCUT2D eigenvalue weighted by atomic mass is 9.81. The summed E-state index contributed by atoms with van der Waals surface area (Å²) in [6.45, 7) is 0.641. The zero-order valence-electron chi connectivity index (χ0n) is 18.5. The molecule has 1 aromatic heterocycles. The van der Waals surface area contributed by atoms with Crippen LogP contribution in [0.1, 0.15) is 29.0 Å². The Morgan fingerprint density at radius 2 is 1.91 bits per heavy atom. The highest BCUT2D eigenvalue weighted by Gasteiger charge is 2.65. The average Bonchev–Trinajstić information content (AvgIpc) is 3.61. The third-order valence-electron chi connectivity index (χ3n) is 7.01. The topological polar surface area (TPSA) is 100 Å². The lowest BCUT2D eigenvalue weighted by Gasteiger charge is -2.36. The second kappa shape index (κ2) is 7.30. The largest absolute Gasteiger partial charge is 0.503 e. The van der Waals surface area contributed by atoms with Gasteiger partial charge in [-0.3, -0.25) is 14.4 Å². The molecule has 2 aromatic carbocycles. The lowest BCUT2D eigenvalue weighted by Crippen LogP contribution is -2.55. The van der Waals surface area contributed by atoms with Gasteiger partial charge in [0.2, 0.25) is 5.78 Å². The van der Waals surface area contributed by atoms with E-state index in [9.17, 15) is 19.5 Å². The van der Waals surface area contributed by atoms with E-state index in [1.54, 1.807) is 55.6 Å².